The van der Waals surface area contributed by atoms with Crippen LogP contribution in [-0.4, -0.2) is 53.6 Å². The van der Waals surface area contributed by atoms with Gasteiger partial charge in [-0.2, -0.15) is 0 Å². The zero-order valence-electron chi connectivity index (χ0n) is 12.8. The Morgan fingerprint density at radius 1 is 1.33 bits per heavy atom. The molecule has 7 heteroatoms. The maximum absolute atomic E-state index is 11.8. The number of nitrogens with zero attached hydrogens (tertiary/aromatic N) is 2. The van der Waals surface area contributed by atoms with E-state index in [-0.39, 0.29) is 4.90 Å². The minimum absolute atomic E-state index is 0.197. The summed E-state index contributed by atoms with van der Waals surface area (Å²) in [4.78, 5) is 4.68. The van der Waals surface area contributed by atoms with E-state index in [1.165, 1.54) is 13.1 Å². The van der Waals surface area contributed by atoms with Crippen LogP contribution >= 0.6 is 0 Å². The van der Waals surface area contributed by atoms with Crippen LogP contribution < -0.4 is 15.4 Å². The highest BCUT2D eigenvalue weighted by Gasteiger charge is 2.22. The Morgan fingerprint density at radius 2 is 1.95 bits per heavy atom. The Kier molecular flexibility index (Phi) is 4.75. The lowest BCUT2D eigenvalue weighted by atomic mass is 10.0. The maximum atomic E-state index is 11.8. The molecule has 0 atom stereocenters. The second kappa shape index (κ2) is 6.21. The highest BCUT2D eigenvalue weighted by molar-refractivity contribution is 7.89. The third-order valence-corrected chi connectivity index (χ3v) is 5.61. The first kappa shape index (κ1) is 16.1. The summed E-state index contributed by atoms with van der Waals surface area (Å²) in [7, 11) is 2.09. The summed E-state index contributed by atoms with van der Waals surface area (Å²) in [6, 6.07) is 5.35. The summed E-state index contributed by atoms with van der Waals surface area (Å²) in [5, 5.41) is 0. The van der Waals surface area contributed by atoms with Gasteiger partial charge in [0.25, 0.3) is 0 Å². The first-order chi connectivity index (χ1) is 9.85. The molecule has 1 aliphatic rings. The number of hydrogen-bond donors (Lipinski definition) is 2. The smallest absolute Gasteiger partial charge is 0.240 e. The number of piperidine rings is 1. The van der Waals surface area contributed by atoms with Crippen LogP contribution in [0.25, 0.3) is 0 Å². The van der Waals surface area contributed by atoms with Crippen LogP contribution in [-0.2, 0) is 10.0 Å². The Bertz CT molecular complexity index is 595. The highest BCUT2D eigenvalue weighted by atomic mass is 32.2. The van der Waals surface area contributed by atoms with Crippen molar-refractivity contribution in [2.24, 2.45) is 0 Å². The van der Waals surface area contributed by atoms with Gasteiger partial charge < -0.3 is 15.5 Å². The van der Waals surface area contributed by atoms with Gasteiger partial charge in [-0.1, -0.05) is 0 Å². The van der Waals surface area contributed by atoms with Crippen molar-refractivity contribution in [3.8, 4) is 0 Å². The van der Waals surface area contributed by atoms with Crippen molar-refractivity contribution >= 4 is 21.4 Å². The van der Waals surface area contributed by atoms with Crippen LogP contribution in [0.1, 0.15) is 12.8 Å². The average molecular weight is 312 g/mol. The summed E-state index contributed by atoms with van der Waals surface area (Å²) in [6.07, 6.45) is 2.17. The number of nitrogens with two attached hydrogens (primary N) is 1. The van der Waals surface area contributed by atoms with E-state index in [1.807, 2.05) is 7.05 Å². The van der Waals surface area contributed by atoms with Crippen LogP contribution in [0.2, 0.25) is 0 Å². The molecule has 0 aromatic heterocycles. The van der Waals surface area contributed by atoms with E-state index in [0.717, 1.165) is 31.6 Å². The Balaban J connectivity index is 2.21. The van der Waals surface area contributed by atoms with Gasteiger partial charge in [-0.25, -0.2) is 13.1 Å². The predicted octanol–water partition coefficient (Wildman–Crippen LogP) is 0.707. The third-order valence-electron chi connectivity index (χ3n) is 4.19. The van der Waals surface area contributed by atoms with Gasteiger partial charge in [0.1, 0.15) is 0 Å². The van der Waals surface area contributed by atoms with Crippen LogP contribution in [0.5, 0.6) is 0 Å². The Morgan fingerprint density at radius 3 is 2.48 bits per heavy atom. The SMILES string of the molecule is CNS(=O)(=O)c1ccc(N(C)C2CCN(C)CC2)c(N)c1. The molecule has 21 heavy (non-hydrogen) atoms. The standard InChI is InChI=1S/C14H24N4O2S/c1-16-21(19,20)12-4-5-14(13(15)10-12)18(3)11-6-8-17(2)9-7-11/h4-5,10-11,16H,6-9,15H2,1-3H3. The molecule has 2 rings (SSSR count). The van der Waals surface area contributed by atoms with Crippen molar-refractivity contribution in [3.63, 3.8) is 0 Å². The van der Waals surface area contributed by atoms with Gasteiger partial charge in [0.15, 0.2) is 0 Å². The van der Waals surface area contributed by atoms with Crippen molar-refractivity contribution < 1.29 is 8.42 Å². The molecule has 0 spiro atoms. The van der Waals surface area contributed by atoms with Crippen molar-refractivity contribution in [3.05, 3.63) is 18.2 Å². The molecule has 0 bridgehead atoms. The lowest BCUT2D eigenvalue weighted by Crippen LogP contribution is -2.42. The lowest BCUT2D eigenvalue weighted by molar-refractivity contribution is 0.253. The van der Waals surface area contributed by atoms with E-state index in [2.05, 4.69) is 21.6 Å². The molecule has 1 aromatic carbocycles. The summed E-state index contributed by atoms with van der Waals surface area (Å²) >= 11 is 0. The first-order valence-electron chi connectivity index (χ1n) is 7.09. The molecule has 3 N–H and O–H groups in total. The maximum Gasteiger partial charge on any atom is 0.240 e. The summed E-state index contributed by atoms with van der Waals surface area (Å²) in [5.41, 5.74) is 7.45. The minimum Gasteiger partial charge on any atom is -0.397 e. The number of anilines is 2. The van der Waals surface area contributed by atoms with Crippen molar-refractivity contribution in [1.82, 2.24) is 9.62 Å². The summed E-state index contributed by atoms with van der Waals surface area (Å²) in [6.45, 7) is 2.14. The van der Waals surface area contributed by atoms with Crippen molar-refractivity contribution in [2.45, 2.75) is 23.8 Å². The second-order valence-corrected chi connectivity index (χ2v) is 7.46. The Hall–Kier alpha value is -1.31. The molecule has 0 unspecified atom stereocenters. The van der Waals surface area contributed by atoms with E-state index in [4.69, 9.17) is 5.73 Å². The average Bonchev–Trinajstić information content (AvgIpc) is 2.47. The molecular weight excluding hydrogens is 288 g/mol. The van der Waals surface area contributed by atoms with Crippen LogP contribution in [0.3, 0.4) is 0 Å². The summed E-state index contributed by atoms with van der Waals surface area (Å²) in [5.74, 6) is 0. The van der Waals surface area contributed by atoms with Crippen LogP contribution in [0.4, 0.5) is 11.4 Å². The fraction of sp³-hybridized carbons (Fsp3) is 0.571. The van der Waals surface area contributed by atoms with Crippen LogP contribution in [0.15, 0.2) is 23.1 Å². The van der Waals surface area contributed by atoms with E-state index in [9.17, 15) is 8.42 Å². The number of rotatable bonds is 4. The normalized spacial score (nSPS) is 17.9. The van der Waals surface area contributed by atoms with Gasteiger partial charge in [0.05, 0.1) is 16.3 Å². The topological polar surface area (TPSA) is 78.7 Å². The van der Waals surface area contributed by atoms with Gasteiger partial charge in [-0.15, -0.1) is 0 Å². The third kappa shape index (κ3) is 3.48. The van der Waals surface area contributed by atoms with Crippen molar-refractivity contribution in [2.75, 3.05) is 44.9 Å². The van der Waals surface area contributed by atoms with E-state index >= 15 is 0 Å². The van der Waals surface area contributed by atoms with E-state index in [0.29, 0.717) is 11.7 Å². The molecule has 1 saturated heterocycles. The molecule has 0 radical (unpaired) electrons. The van der Waals surface area contributed by atoms with Crippen molar-refractivity contribution in [1.29, 1.82) is 0 Å². The van der Waals surface area contributed by atoms with Gasteiger partial charge in [0.2, 0.25) is 10.0 Å². The lowest BCUT2D eigenvalue weighted by Gasteiger charge is -2.36. The quantitative estimate of drug-likeness (QED) is 0.801. The zero-order chi connectivity index (χ0) is 15.6. The monoisotopic (exact) mass is 312 g/mol. The minimum atomic E-state index is -3.45. The molecule has 1 heterocycles. The number of nitrogens with one attached hydrogen (secondary N) is 1. The number of sulfonamides is 1. The highest BCUT2D eigenvalue weighted by Crippen LogP contribution is 2.29. The second-order valence-electron chi connectivity index (χ2n) is 5.57. The molecule has 6 nitrogen and oxygen atoms in total. The van der Waals surface area contributed by atoms with E-state index in [1.54, 1.807) is 12.1 Å². The van der Waals surface area contributed by atoms with Gasteiger partial charge in [-0.05, 0) is 58.2 Å². The van der Waals surface area contributed by atoms with E-state index < -0.39 is 10.0 Å². The largest absolute Gasteiger partial charge is 0.397 e. The fourth-order valence-electron chi connectivity index (χ4n) is 2.72. The van der Waals surface area contributed by atoms with Gasteiger partial charge in [-0.3, -0.25) is 0 Å². The molecule has 0 amide bonds. The molecule has 1 aliphatic heterocycles. The molecule has 0 saturated carbocycles. The Labute approximate surface area is 127 Å². The summed E-state index contributed by atoms with van der Waals surface area (Å²) < 4.78 is 25.9. The zero-order valence-corrected chi connectivity index (χ0v) is 13.7. The molecule has 118 valence electrons. The molecule has 1 aromatic rings. The molecular formula is C14H24N4O2S. The number of nitrogen functional groups attached to an aromatic ring is 1. The first-order valence-corrected chi connectivity index (χ1v) is 8.58. The number of benzene rings is 1. The molecule has 0 aliphatic carbocycles. The fourth-order valence-corrected chi connectivity index (χ4v) is 3.48. The predicted molar refractivity (Wildman–Crippen MR) is 86.0 cm³/mol. The van der Waals surface area contributed by atoms with Gasteiger partial charge in [0, 0.05) is 13.1 Å². The van der Waals surface area contributed by atoms with Gasteiger partial charge >= 0.3 is 0 Å². The number of likely N-dealkylation sites (tertiary alicyclic amines) is 1. The number of hydrogen-bond acceptors (Lipinski definition) is 5. The molecule has 1 fully saturated rings. The van der Waals surface area contributed by atoms with Crippen LogP contribution in [0, 0.1) is 0 Å².